The molecule has 128 valence electrons. The van der Waals surface area contributed by atoms with Gasteiger partial charge in [-0.1, -0.05) is 29.8 Å². The van der Waals surface area contributed by atoms with E-state index in [2.05, 4.69) is 25.5 Å². The summed E-state index contributed by atoms with van der Waals surface area (Å²) in [6, 6.07) is 12.8. The molecule has 0 aliphatic carbocycles. The van der Waals surface area contributed by atoms with Crippen LogP contribution in [0.25, 0.3) is 22.6 Å². The van der Waals surface area contributed by atoms with Crippen LogP contribution in [0.3, 0.4) is 0 Å². The van der Waals surface area contributed by atoms with Crippen LogP contribution in [0.5, 0.6) is 0 Å². The summed E-state index contributed by atoms with van der Waals surface area (Å²) in [7, 11) is 0. The number of thiazole rings is 1. The number of carbonyl (C=O) groups excluding carboxylic acids is 1. The van der Waals surface area contributed by atoms with Crippen molar-refractivity contribution < 1.29 is 4.79 Å². The lowest BCUT2D eigenvalue weighted by atomic mass is 10.1. The molecule has 8 heteroatoms. The molecule has 3 aromatic heterocycles. The first kappa shape index (κ1) is 16.4. The number of halogens is 1. The summed E-state index contributed by atoms with van der Waals surface area (Å²) in [5, 5.41) is 12.6. The van der Waals surface area contributed by atoms with E-state index >= 15 is 0 Å². The summed E-state index contributed by atoms with van der Waals surface area (Å²) in [5.74, 6) is -0.286. The molecule has 0 saturated carbocycles. The van der Waals surface area contributed by atoms with E-state index in [1.54, 1.807) is 18.3 Å². The van der Waals surface area contributed by atoms with Gasteiger partial charge in [0.15, 0.2) is 5.13 Å². The molecule has 1 aromatic carbocycles. The zero-order valence-electron chi connectivity index (χ0n) is 13.3. The van der Waals surface area contributed by atoms with Gasteiger partial charge in [0.1, 0.15) is 5.69 Å². The number of H-pyrrole nitrogens is 1. The van der Waals surface area contributed by atoms with E-state index in [9.17, 15) is 4.79 Å². The number of hydrogen-bond donors (Lipinski definition) is 2. The molecule has 0 atom stereocenters. The number of pyridine rings is 1. The van der Waals surface area contributed by atoms with Gasteiger partial charge < -0.3 is 0 Å². The predicted octanol–water partition coefficient (Wildman–Crippen LogP) is 4.50. The van der Waals surface area contributed by atoms with E-state index in [1.807, 2.05) is 35.7 Å². The Balaban J connectivity index is 1.56. The number of aromatic amines is 1. The Morgan fingerprint density at radius 1 is 1.12 bits per heavy atom. The van der Waals surface area contributed by atoms with Gasteiger partial charge in [-0.05, 0) is 24.3 Å². The molecule has 0 fully saturated rings. The average Bonchev–Trinajstić information content (AvgIpc) is 3.33. The standard InChI is InChI=1S/C18H12ClN5OS/c19-12-6-4-11(5-7-12)16-13(9-21-24-16)17(25)23-18-22-15(10-26-18)14-3-1-2-8-20-14/h1-10H,(H,21,24)(H,22,23,25). The third-order valence-corrected chi connectivity index (χ3v) is 4.68. The minimum absolute atomic E-state index is 0.286. The van der Waals surface area contributed by atoms with Crippen molar-refractivity contribution in [2.24, 2.45) is 0 Å². The third kappa shape index (κ3) is 3.35. The normalized spacial score (nSPS) is 10.7. The largest absolute Gasteiger partial charge is 0.298 e. The summed E-state index contributed by atoms with van der Waals surface area (Å²) in [6.07, 6.45) is 3.20. The van der Waals surface area contributed by atoms with Gasteiger partial charge in [-0.3, -0.25) is 20.2 Å². The lowest BCUT2D eigenvalue weighted by molar-refractivity contribution is 0.102. The molecule has 0 aliphatic rings. The number of nitrogens with zero attached hydrogens (tertiary/aromatic N) is 3. The Kier molecular flexibility index (Phi) is 4.47. The fourth-order valence-corrected chi connectivity index (χ4v) is 3.25. The first-order chi connectivity index (χ1) is 12.7. The van der Waals surface area contributed by atoms with Gasteiger partial charge in [-0.2, -0.15) is 5.10 Å². The smallest absolute Gasteiger partial charge is 0.261 e. The van der Waals surface area contributed by atoms with Crippen molar-refractivity contribution in [2.45, 2.75) is 0 Å². The van der Waals surface area contributed by atoms with Crippen molar-refractivity contribution in [3.8, 4) is 22.6 Å². The molecule has 0 unspecified atom stereocenters. The monoisotopic (exact) mass is 381 g/mol. The molecular formula is C18H12ClN5OS. The molecule has 2 N–H and O–H groups in total. The molecule has 26 heavy (non-hydrogen) atoms. The van der Waals surface area contributed by atoms with Crippen molar-refractivity contribution in [3.63, 3.8) is 0 Å². The number of nitrogens with one attached hydrogen (secondary N) is 2. The number of anilines is 1. The Morgan fingerprint density at radius 3 is 2.73 bits per heavy atom. The molecule has 0 aliphatic heterocycles. The Hall–Kier alpha value is -3.03. The maximum absolute atomic E-state index is 12.6. The van der Waals surface area contributed by atoms with Crippen LogP contribution in [-0.4, -0.2) is 26.1 Å². The second-order valence-electron chi connectivity index (χ2n) is 5.37. The first-order valence-corrected chi connectivity index (χ1v) is 8.94. The van der Waals surface area contributed by atoms with Gasteiger partial charge >= 0.3 is 0 Å². The molecule has 6 nitrogen and oxygen atoms in total. The first-order valence-electron chi connectivity index (χ1n) is 7.68. The molecule has 4 aromatic rings. The fraction of sp³-hybridized carbons (Fsp3) is 0. The Morgan fingerprint density at radius 2 is 1.96 bits per heavy atom. The zero-order chi connectivity index (χ0) is 17.9. The highest BCUT2D eigenvalue weighted by atomic mass is 35.5. The molecular weight excluding hydrogens is 370 g/mol. The van der Waals surface area contributed by atoms with Gasteiger partial charge in [0.05, 0.1) is 23.1 Å². The number of hydrogen-bond acceptors (Lipinski definition) is 5. The predicted molar refractivity (Wildman–Crippen MR) is 102 cm³/mol. The number of benzene rings is 1. The van der Waals surface area contributed by atoms with E-state index in [0.717, 1.165) is 17.0 Å². The van der Waals surface area contributed by atoms with Crippen LogP contribution in [0.2, 0.25) is 5.02 Å². The average molecular weight is 382 g/mol. The van der Waals surface area contributed by atoms with Gasteiger partial charge in [0.2, 0.25) is 0 Å². The number of aromatic nitrogens is 4. The van der Waals surface area contributed by atoms with Crippen molar-refractivity contribution in [2.75, 3.05) is 5.32 Å². The molecule has 0 radical (unpaired) electrons. The molecule has 4 rings (SSSR count). The van der Waals surface area contributed by atoms with E-state index < -0.39 is 0 Å². The second kappa shape index (κ2) is 7.07. The maximum Gasteiger partial charge on any atom is 0.261 e. The molecule has 0 saturated heterocycles. The van der Waals surface area contributed by atoms with E-state index in [-0.39, 0.29) is 5.91 Å². The lowest BCUT2D eigenvalue weighted by Crippen LogP contribution is -2.12. The van der Waals surface area contributed by atoms with Crippen LogP contribution in [0, 0.1) is 0 Å². The quantitative estimate of drug-likeness (QED) is 0.545. The van der Waals surface area contributed by atoms with Crippen LogP contribution in [0.4, 0.5) is 5.13 Å². The van der Waals surface area contributed by atoms with Crippen molar-refractivity contribution >= 4 is 34.0 Å². The molecule has 0 bridgehead atoms. The van der Waals surface area contributed by atoms with Crippen molar-refractivity contribution in [3.05, 3.63) is 70.8 Å². The van der Waals surface area contributed by atoms with Gasteiger partial charge in [0, 0.05) is 22.2 Å². The van der Waals surface area contributed by atoms with Crippen LogP contribution >= 0.6 is 22.9 Å². The zero-order valence-corrected chi connectivity index (χ0v) is 14.9. The fourth-order valence-electron chi connectivity index (χ4n) is 2.42. The summed E-state index contributed by atoms with van der Waals surface area (Å²) < 4.78 is 0. The van der Waals surface area contributed by atoms with Crippen LogP contribution in [0.15, 0.2) is 60.2 Å². The second-order valence-corrected chi connectivity index (χ2v) is 6.67. The SMILES string of the molecule is O=C(Nc1nc(-c2ccccn2)cs1)c1cn[nH]c1-c1ccc(Cl)cc1. The van der Waals surface area contributed by atoms with Gasteiger partial charge in [-0.15, -0.1) is 11.3 Å². The van der Waals surface area contributed by atoms with Crippen molar-refractivity contribution in [1.29, 1.82) is 0 Å². The van der Waals surface area contributed by atoms with Crippen LogP contribution in [0.1, 0.15) is 10.4 Å². The van der Waals surface area contributed by atoms with Crippen LogP contribution in [-0.2, 0) is 0 Å². The number of rotatable bonds is 4. The van der Waals surface area contributed by atoms with E-state index in [1.165, 1.54) is 17.5 Å². The van der Waals surface area contributed by atoms with E-state index in [0.29, 0.717) is 21.4 Å². The van der Waals surface area contributed by atoms with Gasteiger partial charge in [-0.25, -0.2) is 4.98 Å². The topological polar surface area (TPSA) is 83.6 Å². The minimum Gasteiger partial charge on any atom is -0.298 e. The maximum atomic E-state index is 12.6. The lowest BCUT2D eigenvalue weighted by Gasteiger charge is -2.03. The summed E-state index contributed by atoms with van der Waals surface area (Å²) in [6.45, 7) is 0. The molecule has 3 heterocycles. The highest BCUT2D eigenvalue weighted by molar-refractivity contribution is 7.14. The summed E-state index contributed by atoms with van der Waals surface area (Å²) in [5.41, 5.74) is 3.36. The molecule has 0 spiro atoms. The molecule has 1 amide bonds. The third-order valence-electron chi connectivity index (χ3n) is 3.67. The van der Waals surface area contributed by atoms with Gasteiger partial charge in [0.25, 0.3) is 5.91 Å². The minimum atomic E-state index is -0.286. The summed E-state index contributed by atoms with van der Waals surface area (Å²) in [4.78, 5) is 21.3. The Labute approximate surface area is 157 Å². The van der Waals surface area contributed by atoms with E-state index in [4.69, 9.17) is 11.6 Å². The Bertz CT molecular complexity index is 1040. The highest BCUT2D eigenvalue weighted by Crippen LogP contribution is 2.26. The summed E-state index contributed by atoms with van der Waals surface area (Å²) >= 11 is 7.26. The highest BCUT2D eigenvalue weighted by Gasteiger charge is 2.17. The number of amides is 1. The van der Waals surface area contributed by atoms with Crippen molar-refractivity contribution in [1.82, 2.24) is 20.2 Å². The number of carbonyl (C=O) groups is 1. The van der Waals surface area contributed by atoms with Crippen LogP contribution < -0.4 is 5.32 Å².